The maximum Gasteiger partial charge on any atom is 0.331 e. The highest BCUT2D eigenvalue weighted by atomic mass is 28.4. The summed E-state index contributed by atoms with van der Waals surface area (Å²) in [5.74, 6) is 0. The summed E-state index contributed by atoms with van der Waals surface area (Å²) >= 11 is 0. The zero-order valence-corrected chi connectivity index (χ0v) is 12.2. The average Bonchev–Trinajstić information content (AvgIpc) is 2.36. The topological polar surface area (TPSA) is 18.5 Å². The summed E-state index contributed by atoms with van der Waals surface area (Å²) in [7, 11) is -0.264. The second-order valence-electron chi connectivity index (χ2n) is 4.49. The third-order valence-corrected chi connectivity index (χ3v) is 4.67. The van der Waals surface area contributed by atoms with E-state index in [9.17, 15) is 0 Å². The van der Waals surface area contributed by atoms with Crippen molar-refractivity contribution in [1.29, 1.82) is 0 Å². The van der Waals surface area contributed by atoms with Crippen molar-refractivity contribution in [3.8, 4) is 0 Å². The lowest BCUT2D eigenvalue weighted by Crippen LogP contribution is -2.34. The normalized spacial score (nSPS) is 13.4. The van der Waals surface area contributed by atoms with Crippen molar-refractivity contribution >= 4 is 14.6 Å². The first-order valence-electron chi connectivity index (χ1n) is 5.97. The number of hydrogen-bond acceptors (Lipinski definition) is 2. The molecular weight excluding hydrogens is 228 g/mol. The van der Waals surface area contributed by atoms with Gasteiger partial charge < -0.3 is 8.85 Å². The van der Waals surface area contributed by atoms with E-state index in [1.165, 1.54) is 5.56 Å². The third kappa shape index (κ3) is 4.11. The van der Waals surface area contributed by atoms with Crippen LogP contribution >= 0.6 is 0 Å². The molecule has 3 heteroatoms. The van der Waals surface area contributed by atoms with Crippen LogP contribution in [0.15, 0.2) is 30.8 Å². The van der Waals surface area contributed by atoms with Gasteiger partial charge in [0.2, 0.25) is 0 Å². The fraction of sp³-hybridized carbons (Fsp3) is 0.429. The predicted octanol–water partition coefficient (Wildman–Crippen LogP) is 4.15. The fourth-order valence-electron chi connectivity index (χ4n) is 1.62. The molecular formula is C14H22O2Si. The summed E-state index contributed by atoms with van der Waals surface area (Å²) in [4.78, 5) is 0. The monoisotopic (exact) mass is 250 g/mol. The molecule has 0 radical (unpaired) electrons. The van der Waals surface area contributed by atoms with Gasteiger partial charge in [0.25, 0.3) is 0 Å². The van der Waals surface area contributed by atoms with Crippen LogP contribution in [0, 0.1) is 0 Å². The van der Waals surface area contributed by atoms with Crippen LogP contribution in [0.2, 0.25) is 13.1 Å². The van der Waals surface area contributed by atoms with Crippen LogP contribution in [0.3, 0.4) is 0 Å². The van der Waals surface area contributed by atoms with Gasteiger partial charge in [-0.15, -0.1) is 0 Å². The zero-order valence-electron chi connectivity index (χ0n) is 11.2. The zero-order chi connectivity index (χ0) is 12.9. The lowest BCUT2D eigenvalue weighted by atomic mass is 10.1. The molecule has 0 heterocycles. The molecule has 0 amide bonds. The summed E-state index contributed by atoms with van der Waals surface area (Å²) < 4.78 is 11.5. The molecule has 2 nitrogen and oxygen atoms in total. The largest absolute Gasteiger partial charge is 0.398 e. The molecule has 0 aromatic heterocycles. The van der Waals surface area contributed by atoms with Crippen LogP contribution in [0.5, 0.6) is 0 Å². The molecule has 0 aliphatic rings. The first-order chi connectivity index (χ1) is 8.02. The lowest BCUT2D eigenvalue weighted by Gasteiger charge is -2.27. The Morgan fingerprint density at radius 2 is 1.88 bits per heavy atom. The van der Waals surface area contributed by atoms with Crippen molar-refractivity contribution in [3.05, 3.63) is 42.0 Å². The number of benzene rings is 1. The van der Waals surface area contributed by atoms with Crippen LogP contribution in [-0.2, 0) is 8.85 Å². The molecule has 0 bridgehead atoms. The van der Waals surface area contributed by atoms with Gasteiger partial charge in [-0.25, -0.2) is 0 Å². The van der Waals surface area contributed by atoms with Crippen molar-refractivity contribution in [2.75, 3.05) is 7.11 Å². The first-order valence-corrected chi connectivity index (χ1v) is 8.79. The lowest BCUT2D eigenvalue weighted by molar-refractivity contribution is 0.134. The minimum absolute atomic E-state index is 0.121. The van der Waals surface area contributed by atoms with E-state index < -0.39 is 8.56 Å². The number of hydrogen-bond donors (Lipinski definition) is 0. The molecule has 1 aromatic rings. The molecule has 0 spiro atoms. The molecule has 0 N–H and O–H groups in total. The Kier molecular flexibility index (Phi) is 5.12. The standard InChI is InChI=1S/C14H22O2Si/c1-6-12-8-10-13(11-9-12)14(7-2)16-17(4,5)15-3/h6,8-11,14H,1,7H2,2-5H3. The van der Waals surface area contributed by atoms with Gasteiger partial charge in [0.1, 0.15) is 0 Å². The van der Waals surface area contributed by atoms with E-state index in [4.69, 9.17) is 8.85 Å². The van der Waals surface area contributed by atoms with E-state index in [1.54, 1.807) is 7.11 Å². The Morgan fingerprint density at radius 3 is 2.29 bits per heavy atom. The average molecular weight is 250 g/mol. The summed E-state index contributed by atoms with van der Waals surface area (Å²) in [6, 6.07) is 8.34. The van der Waals surface area contributed by atoms with Crippen molar-refractivity contribution in [2.24, 2.45) is 0 Å². The Balaban J connectivity index is 2.82. The molecule has 1 rings (SSSR count). The quantitative estimate of drug-likeness (QED) is 0.706. The van der Waals surface area contributed by atoms with Crippen LogP contribution < -0.4 is 0 Å². The molecule has 1 atom stereocenters. The fourth-order valence-corrected chi connectivity index (χ4v) is 2.71. The summed E-state index contributed by atoms with van der Waals surface area (Å²) in [6.07, 6.45) is 2.92. The highest BCUT2D eigenvalue weighted by Gasteiger charge is 2.27. The SMILES string of the molecule is C=Cc1ccc(C(CC)O[Si](C)(C)OC)cc1. The summed E-state index contributed by atoms with van der Waals surface area (Å²) in [6.45, 7) is 10.0. The van der Waals surface area contributed by atoms with Gasteiger partial charge in [-0.3, -0.25) is 0 Å². The minimum atomic E-state index is -1.99. The highest BCUT2D eigenvalue weighted by Crippen LogP contribution is 2.25. The maximum absolute atomic E-state index is 6.09. The van der Waals surface area contributed by atoms with Gasteiger partial charge in [0.05, 0.1) is 6.10 Å². The highest BCUT2D eigenvalue weighted by molar-refractivity contribution is 6.64. The molecule has 0 fully saturated rings. The second kappa shape index (κ2) is 6.14. The molecule has 1 aromatic carbocycles. The van der Waals surface area contributed by atoms with Crippen molar-refractivity contribution < 1.29 is 8.85 Å². The van der Waals surface area contributed by atoms with E-state index >= 15 is 0 Å². The predicted molar refractivity (Wildman–Crippen MR) is 75.1 cm³/mol. The summed E-state index contributed by atoms with van der Waals surface area (Å²) in [5, 5.41) is 0. The molecule has 0 aliphatic heterocycles. The van der Waals surface area contributed by atoms with Crippen molar-refractivity contribution in [3.63, 3.8) is 0 Å². The van der Waals surface area contributed by atoms with E-state index in [-0.39, 0.29) is 6.10 Å². The van der Waals surface area contributed by atoms with Gasteiger partial charge >= 0.3 is 8.56 Å². The third-order valence-electron chi connectivity index (χ3n) is 2.83. The van der Waals surface area contributed by atoms with E-state index in [0.717, 1.165) is 12.0 Å². The Bertz CT molecular complexity index is 357. The van der Waals surface area contributed by atoms with Gasteiger partial charge in [-0.2, -0.15) is 0 Å². The van der Waals surface area contributed by atoms with Crippen LogP contribution in [0.25, 0.3) is 6.08 Å². The van der Waals surface area contributed by atoms with Gasteiger partial charge in [-0.05, 0) is 30.6 Å². The second-order valence-corrected chi connectivity index (χ2v) is 7.93. The van der Waals surface area contributed by atoms with E-state index in [1.807, 2.05) is 6.08 Å². The van der Waals surface area contributed by atoms with Gasteiger partial charge in [0.15, 0.2) is 0 Å². The molecule has 0 saturated heterocycles. The van der Waals surface area contributed by atoms with E-state index in [0.29, 0.717) is 0 Å². The van der Waals surface area contributed by atoms with Gasteiger partial charge in [-0.1, -0.05) is 43.8 Å². The van der Waals surface area contributed by atoms with Gasteiger partial charge in [0, 0.05) is 7.11 Å². The Hall–Kier alpha value is -0.903. The van der Waals surface area contributed by atoms with Crippen molar-refractivity contribution in [2.45, 2.75) is 32.5 Å². The van der Waals surface area contributed by atoms with Crippen LogP contribution in [0.4, 0.5) is 0 Å². The summed E-state index contributed by atoms with van der Waals surface area (Å²) in [5.41, 5.74) is 2.34. The first kappa shape index (κ1) is 14.2. The molecule has 1 unspecified atom stereocenters. The van der Waals surface area contributed by atoms with Crippen LogP contribution in [-0.4, -0.2) is 15.7 Å². The molecule has 17 heavy (non-hydrogen) atoms. The maximum atomic E-state index is 6.09. The Labute approximate surface area is 106 Å². The molecule has 94 valence electrons. The number of rotatable bonds is 6. The van der Waals surface area contributed by atoms with Crippen molar-refractivity contribution in [1.82, 2.24) is 0 Å². The molecule has 0 saturated carbocycles. The smallest absolute Gasteiger partial charge is 0.331 e. The van der Waals surface area contributed by atoms with Crippen LogP contribution in [0.1, 0.15) is 30.6 Å². The Morgan fingerprint density at radius 1 is 1.29 bits per heavy atom. The van der Waals surface area contributed by atoms with E-state index in [2.05, 4.69) is 50.9 Å². The minimum Gasteiger partial charge on any atom is -0.398 e. The molecule has 0 aliphatic carbocycles.